The number of aryl methyl sites for hydroxylation is 2. The van der Waals surface area contributed by atoms with Gasteiger partial charge in [-0.3, -0.25) is 4.79 Å². The first kappa shape index (κ1) is 17.7. The summed E-state index contributed by atoms with van der Waals surface area (Å²) in [5, 5.41) is 7.93. The molecule has 3 rings (SSSR count). The molecule has 0 saturated carbocycles. The smallest absolute Gasteiger partial charge is 0.253 e. The number of carbonyl (C=O) groups is 1. The maximum atomic E-state index is 12.4. The number of benzene rings is 1. The number of aromatic nitrogens is 4. The van der Waals surface area contributed by atoms with Crippen LogP contribution in [0.1, 0.15) is 23.9 Å². The second-order valence-corrected chi connectivity index (χ2v) is 7.46. The highest BCUT2D eigenvalue weighted by Crippen LogP contribution is 2.25. The number of carbonyl (C=O) groups excluding carboxylic acids is 1. The fourth-order valence-corrected chi connectivity index (χ4v) is 3.22. The van der Waals surface area contributed by atoms with Crippen LogP contribution in [0.3, 0.4) is 0 Å². The Kier molecular flexibility index (Phi) is 4.96. The Balaban J connectivity index is 1.77. The van der Waals surface area contributed by atoms with E-state index in [1.165, 1.54) is 11.8 Å². The molecule has 0 spiro atoms. The number of amides is 1. The number of para-hydroxylation sites is 1. The Hall–Kier alpha value is -2.12. The molecular formula is C17H18ClN5OS. The molecule has 0 aliphatic carbocycles. The Morgan fingerprint density at radius 2 is 1.96 bits per heavy atom. The molecule has 1 atom stereocenters. The zero-order chi connectivity index (χ0) is 18.1. The van der Waals surface area contributed by atoms with Gasteiger partial charge in [0.2, 0.25) is 11.1 Å². The lowest BCUT2D eigenvalue weighted by Gasteiger charge is -2.11. The van der Waals surface area contributed by atoms with Crippen molar-refractivity contribution < 1.29 is 4.79 Å². The molecule has 0 fully saturated rings. The fourth-order valence-electron chi connectivity index (χ4n) is 2.30. The van der Waals surface area contributed by atoms with E-state index in [9.17, 15) is 4.79 Å². The van der Waals surface area contributed by atoms with Crippen LogP contribution in [0, 0.1) is 20.8 Å². The first-order valence-corrected chi connectivity index (χ1v) is 9.05. The summed E-state index contributed by atoms with van der Waals surface area (Å²) in [4.78, 5) is 21.3. The van der Waals surface area contributed by atoms with E-state index < -0.39 is 0 Å². The predicted molar refractivity (Wildman–Crippen MR) is 100 cm³/mol. The molecule has 0 bridgehead atoms. The maximum Gasteiger partial charge on any atom is 0.253 e. The maximum absolute atomic E-state index is 12.4. The molecule has 2 aromatic heterocycles. The van der Waals surface area contributed by atoms with Crippen molar-refractivity contribution >= 4 is 40.7 Å². The second-order valence-electron chi connectivity index (χ2n) is 5.74. The SMILES string of the molecule is Cc1nc2nc(S[C@H](C)C(=O)Nc3ccccc3Cl)nn2c(C)c1C. The van der Waals surface area contributed by atoms with Crippen molar-refractivity contribution in [2.45, 2.75) is 38.1 Å². The summed E-state index contributed by atoms with van der Waals surface area (Å²) < 4.78 is 1.71. The lowest BCUT2D eigenvalue weighted by Crippen LogP contribution is -2.22. The number of hydrogen-bond donors (Lipinski definition) is 1. The van der Waals surface area contributed by atoms with E-state index in [1.54, 1.807) is 23.6 Å². The first-order valence-electron chi connectivity index (χ1n) is 7.79. The molecule has 0 radical (unpaired) electrons. The summed E-state index contributed by atoms with van der Waals surface area (Å²) >= 11 is 7.36. The van der Waals surface area contributed by atoms with Gasteiger partial charge < -0.3 is 5.32 Å². The van der Waals surface area contributed by atoms with Gasteiger partial charge in [-0.2, -0.15) is 4.98 Å². The number of rotatable bonds is 4. The van der Waals surface area contributed by atoms with Gasteiger partial charge in [-0.25, -0.2) is 9.50 Å². The number of nitrogens with zero attached hydrogens (tertiary/aromatic N) is 4. The third-order valence-corrected chi connectivity index (χ3v) is 5.31. The summed E-state index contributed by atoms with van der Waals surface area (Å²) in [6.45, 7) is 7.74. The normalized spacial score (nSPS) is 12.4. The van der Waals surface area contributed by atoms with Crippen LogP contribution in [0.5, 0.6) is 0 Å². The van der Waals surface area contributed by atoms with E-state index in [0.29, 0.717) is 21.6 Å². The van der Waals surface area contributed by atoms with Gasteiger partial charge in [0.15, 0.2) is 0 Å². The zero-order valence-corrected chi connectivity index (χ0v) is 15.9. The first-order chi connectivity index (χ1) is 11.9. The van der Waals surface area contributed by atoms with Gasteiger partial charge in [0.1, 0.15) is 0 Å². The predicted octanol–water partition coefficient (Wildman–Crippen LogP) is 3.82. The summed E-state index contributed by atoms with van der Waals surface area (Å²) in [5.74, 6) is 0.385. The number of fused-ring (bicyclic) bond motifs is 1. The molecule has 0 saturated heterocycles. The molecule has 25 heavy (non-hydrogen) atoms. The zero-order valence-electron chi connectivity index (χ0n) is 14.4. The van der Waals surface area contributed by atoms with E-state index in [4.69, 9.17) is 11.6 Å². The van der Waals surface area contributed by atoms with Gasteiger partial charge in [0.05, 0.1) is 16.0 Å². The van der Waals surface area contributed by atoms with Crippen LogP contribution >= 0.6 is 23.4 Å². The van der Waals surface area contributed by atoms with Crippen molar-refractivity contribution in [2.24, 2.45) is 0 Å². The molecule has 1 N–H and O–H groups in total. The van der Waals surface area contributed by atoms with Crippen LogP contribution in [0.15, 0.2) is 29.4 Å². The Morgan fingerprint density at radius 1 is 1.24 bits per heavy atom. The highest BCUT2D eigenvalue weighted by Gasteiger charge is 2.19. The van der Waals surface area contributed by atoms with Crippen molar-refractivity contribution in [1.29, 1.82) is 0 Å². The highest BCUT2D eigenvalue weighted by atomic mass is 35.5. The van der Waals surface area contributed by atoms with Gasteiger partial charge >= 0.3 is 0 Å². The average molecular weight is 376 g/mol. The van der Waals surface area contributed by atoms with Crippen molar-refractivity contribution in [1.82, 2.24) is 19.6 Å². The molecule has 3 aromatic rings. The second kappa shape index (κ2) is 7.01. The van der Waals surface area contributed by atoms with E-state index in [1.807, 2.05) is 32.9 Å². The number of thioether (sulfide) groups is 1. The van der Waals surface area contributed by atoms with Crippen molar-refractivity contribution in [3.8, 4) is 0 Å². The molecule has 0 unspecified atom stereocenters. The minimum Gasteiger partial charge on any atom is -0.324 e. The van der Waals surface area contributed by atoms with E-state index in [2.05, 4.69) is 20.4 Å². The van der Waals surface area contributed by atoms with Crippen LogP contribution < -0.4 is 5.32 Å². The molecule has 6 nitrogen and oxygen atoms in total. The van der Waals surface area contributed by atoms with Crippen LogP contribution in [-0.4, -0.2) is 30.7 Å². The van der Waals surface area contributed by atoms with Crippen molar-refractivity contribution in [2.75, 3.05) is 5.32 Å². The quantitative estimate of drug-likeness (QED) is 0.702. The molecular weight excluding hydrogens is 358 g/mol. The molecule has 8 heteroatoms. The third-order valence-electron chi connectivity index (χ3n) is 4.02. The molecule has 1 amide bonds. The Labute approximate surface area is 155 Å². The van der Waals surface area contributed by atoms with Crippen LogP contribution in [0.2, 0.25) is 5.02 Å². The minimum absolute atomic E-state index is 0.158. The number of anilines is 1. The van der Waals surface area contributed by atoms with Crippen LogP contribution in [0.25, 0.3) is 5.78 Å². The van der Waals surface area contributed by atoms with Crippen molar-refractivity contribution in [3.63, 3.8) is 0 Å². The Bertz CT molecular complexity index is 956. The monoisotopic (exact) mass is 375 g/mol. The van der Waals surface area contributed by atoms with Crippen LogP contribution in [-0.2, 0) is 4.79 Å². The molecule has 130 valence electrons. The van der Waals surface area contributed by atoms with E-state index in [0.717, 1.165) is 17.0 Å². The number of halogens is 1. The lowest BCUT2D eigenvalue weighted by atomic mass is 10.2. The number of nitrogens with one attached hydrogen (secondary N) is 1. The Morgan fingerprint density at radius 3 is 2.68 bits per heavy atom. The largest absolute Gasteiger partial charge is 0.324 e. The molecule has 0 aliphatic heterocycles. The van der Waals surface area contributed by atoms with Gasteiger partial charge in [0, 0.05) is 11.4 Å². The lowest BCUT2D eigenvalue weighted by molar-refractivity contribution is -0.115. The molecule has 1 aromatic carbocycles. The highest BCUT2D eigenvalue weighted by molar-refractivity contribution is 8.00. The van der Waals surface area contributed by atoms with E-state index >= 15 is 0 Å². The average Bonchev–Trinajstić information content (AvgIpc) is 2.97. The standard InChI is InChI=1S/C17H18ClN5OS/c1-9-10(2)19-16-21-17(22-23(16)11(9)3)25-12(4)15(24)20-14-8-6-5-7-13(14)18/h5-8,12H,1-4H3,(H,20,24)/t12-/m1/s1. The third kappa shape index (κ3) is 3.62. The summed E-state index contributed by atoms with van der Waals surface area (Å²) in [7, 11) is 0. The molecule has 0 aliphatic rings. The minimum atomic E-state index is -0.379. The van der Waals surface area contributed by atoms with Gasteiger partial charge in [0.25, 0.3) is 5.78 Å². The summed E-state index contributed by atoms with van der Waals surface area (Å²) in [5.41, 5.74) is 3.60. The summed E-state index contributed by atoms with van der Waals surface area (Å²) in [6, 6.07) is 7.13. The van der Waals surface area contributed by atoms with Crippen molar-refractivity contribution in [3.05, 3.63) is 46.2 Å². The summed E-state index contributed by atoms with van der Waals surface area (Å²) in [6.07, 6.45) is 0. The molecule has 2 heterocycles. The topological polar surface area (TPSA) is 72.2 Å². The van der Waals surface area contributed by atoms with E-state index in [-0.39, 0.29) is 11.2 Å². The van der Waals surface area contributed by atoms with Crippen LogP contribution in [0.4, 0.5) is 5.69 Å². The fraction of sp³-hybridized carbons (Fsp3) is 0.294. The van der Waals surface area contributed by atoms with Gasteiger partial charge in [-0.1, -0.05) is 35.5 Å². The number of hydrogen-bond acceptors (Lipinski definition) is 5. The van der Waals surface area contributed by atoms with Gasteiger partial charge in [-0.05, 0) is 45.4 Å². The van der Waals surface area contributed by atoms with Gasteiger partial charge in [-0.15, -0.1) is 5.10 Å².